The predicted octanol–water partition coefficient (Wildman–Crippen LogP) is 3.35. The van der Waals surface area contributed by atoms with E-state index in [2.05, 4.69) is 0 Å². The molecule has 2 rings (SSSR count). The normalized spacial score (nSPS) is 11.8. The van der Waals surface area contributed by atoms with Gasteiger partial charge in [0.2, 0.25) is 0 Å². The zero-order valence-corrected chi connectivity index (χ0v) is 11.7. The van der Waals surface area contributed by atoms with Crippen LogP contribution >= 0.6 is 11.6 Å². The van der Waals surface area contributed by atoms with E-state index in [1.54, 1.807) is 0 Å². The van der Waals surface area contributed by atoms with Crippen molar-refractivity contribution in [3.63, 3.8) is 0 Å². The standard InChI is InChI=1S/C14H16ClNO2/c1-9-11(15)10-7-5-6-8-16(10)12(9)14(2,3)13(17)18-4/h5-8H,1-4H3. The molecule has 4 heteroatoms. The maximum Gasteiger partial charge on any atom is 0.317 e. The van der Waals surface area contributed by atoms with E-state index in [-0.39, 0.29) is 5.97 Å². The van der Waals surface area contributed by atoms with Gasteiger partial charge in [-0.15, -0.1) is 0 Å². The Hall–Kier alpha value is -1.48. The maximum absolute atomic E-state index is 12.0. The van der Waals surface area contributed by atoms with E-state index in [1.165, 1.54) is 7.11 Å². The number of nitrogens with zero attached hydrogens (tertiary/aromatic N) is 1. The molecule has 3 nitrogen and oxygen atoms in total. The lowest BCUT2D eigenvalue weighted by Gasteiger charge is -2.23. The van der Waals surface area contributed by atoms with E-state index in [1.807, 2.05) is 49.6 Å². The number of ether oxygens (including phenoxy) is 1. The van der Waals surface area contributed by atoms with Gasteiger partial charge < -0.3 is 9.14 Å². The molecule has 0 unspecified atom stereocenters. The number of carbonyl (C=O) groups excluding carboxylic acids is 1. The predicted molar refractivity (Wildman–Crippen MR) is 72.2 cm³/mol. The molecule has 0 amide bonds. The molecule has 2 aromatic rings. The van der Waals surface area contributed by atoms with E-state index in [0.29, 0.717) is 5.02 Å². The number of pyridine rings is 1. The second kappa shape index (κ2) is 4.32. The summed E-state index contributed by atoms with van der Waals surface area (Å²) in [5.41, 5.74) is 1.95. The fraction of sp³-hybridized carbons (Fsp3) is 0.357. The van der Waals surface area contributed by atoms with E-state index in [9.17, 15) is 4.79 Å². The summed E-state index contributed by atoms with van der Waals surface area (Å²) in [5, 5.41) is 0.683. The number of aromatic nitrogens is 1. The molecule has 18 heavy (non-hydrogen) atoms. The van der Waals surface area contributed by atoms with Crippen LogP contribution in [0.5, 0.6) is 0 Å². The molecule has 0 saturated heterocycles. The van der Waals surface area contributed by atoms with Gasteiger partial charge in [-0.1, -0.05) is 17.7 Å². The molecule has 0 radical (unpaired) electrons. The summed E-state index contributed by atoms with van der Waals surface area (Å²) in [6, 6.07) is 5.78. The zero-order chi connectivity index (χ0) is 13.5. The lowest BCUT2D eigenvalue weighted by atomic mass is 9.87. The minimum atomic E-state index is -0.740. The molecular formula is C14H16ClNO2. The van der Waals surface area contributed by atoms with Crippen molar-refractivity contribution in [1.82, 2.24) is 4.40 Å². The molecule has 0 bridgehead atoms. The second-order valence-corrected chi connectivity index (χ2v) is 5.24. The van der Waals surface area contributed by atoms with Crippen LogP contribution in [0.2, 0.25) is 5.02 Å². The van der Waals surface area contributed by atoms with Gasteiger partial charge in [-0.2, -0.15) is 0 Å². The number of fused-ring (bicyclic) bond motifs is 1. The van der Waals surface area contributed by atoms with Crippen LogP contribution < -0.4 is 0 Å². The fourth-order valence-corrected chi connectivity index (χ4v) is 2.66. The molecule has 0 aliphatic carbocycles. The highest BCUT2D eigenvalue weighted by Gasteiger charge is 2.36. The minimum absolute atomic E-state index is 0.273. The summed E-state index contributed by atoms with van der Waals surface area (Å²) < 4.78 is 6.84. The third kappa shape index (κ3) is 1.70. The van der Waals surface area contributed by atoms with Gasteiger partial charge in [-0.05, 0) is 38.5 Å². The van der Waals surface area contributed by atoms with Gasteiger partial charge in [0.05, 0.1) is 17.6 Å². The van der Waals surface area contributed by atoms with Gasteiger partial charge in [0, 0.05) is 11.9 Å². The monoisotopic (exact) mass is 265 g/mol. The molecule has 2 heterocycles. The maximum atomic E-state index is 12.0. The van der Waals surface area contributed by atoms with Crippen molar-refractivity contribution in [2.24, 2.45) is 0 Å². The molecule has 0 aliphatic heterocycles. The Balaban J connectivity index is 2.79. The first kappa shape index (κ1) is 13.0. The number of halogens is 1. The van der Waals surface area contributed by atoms with Crippen LogP contribution in [0.4, 0.5) is 0 Å². The Kier molecular flexibility index (Phi) is 3.11. The van der Waals surface area contributed by atoms with Gasteiger partial charge in [0.1, 0.15) is 5.41 Å². The first-order valence-corrected chi connectivity index (χ1v) is 6.13. The molecule has 96 valence electrons. The smallest absolute Gasteiger partial charge is 0.317 e. The lowest BCUT2D eigenvalue weighted by molar-refractivity contribution is -0.146. The Morgan fingerprint density at radius 2 is 2.06 bits per heavy atom. The van der Waals surface area contributed by atoms with Crippen LogP contribution in [-0.4, -0.2) is 17.5 Å². The molecular weight excluding hydrogens is 250 g/mol. The van der Waals surface area contributed by atoms with Crippen molar-refractivity contribution in [3.05, 3.63) is 40.7 Å². The average Bonchev–Trinajstić information content (AvgIpc) is 2.62. The number of methoxy groups -OCH3 is 1. The fourth-order valence-electron chi connectivity index (χ4n) is 2.42. The van der Waals surface area contributed by atoms with Gasteiger partial charge in [-0.25, -0.2) is 0 Å². The highest BCUT2D eigenvalue weighted by atomic mass is 35.5. The van der Waals surface area contributed by atoms with E-state index in [4.69, 9.17) is 16.3 Å². The topological polar surface area (TPSA) is 30.7 Å². The SMILES string of the molecule is COC(=O)C(C)(C)c1c(C)c(Cl)c2ccccn12. The highest BCUT2D eigenvalue weighted by Crippen LogP contribution is 2.35. The summed E-state index contributed by atoms with van der Waals surface area (Å²) >= 11 is 6.33. The van der Waals surface area contributed by atoms with Gasteiger partial charge in [-0.3, -0.25) is 4.79 Å². The summed E-state index contributed by atoms with van der Waals surface area (Å²) in [4.78, 5) is 12.0. The van der Waals surface area contributed by atoms with Crippen molar-refractivity contribution in [2.75, 3.05) is 7.11 Å². The second-order valence-electron chi connectivity index (χ2n) is 4.86. The number of esters is 1. The van der Waals surface area contributed by atoms with Gasteiger partial charge >= 0.3 is 5.97 Å². The summed E-state index contributed by atoms with van der Waals surface area (Å²) in [5.74, 6) is -0.273. The molecule has 2 aromatic heterocycles. The molecule has 0 saturated carbocycles. The molecule has 0 spiro atoms. The number of hydrogen-bond donors (Lipinski definition) is 0. The van der Waals surface area contributed by atoms with Crippen LogP contribution in [0.15, 0.2) is 24.4 Å². The van der Waals surface area contributed by atoms with Crippen LogP contribution in [0.1, 0.15) is 25.1 Å². The van der Waals surface area contributed by atoms with Crippen molar-refractivity contribution in [3.8, 4) is 0 Å². The number of carbonyl (C=O) groups is 1. The summed E-state index contributed by atoms with van der Waals surface area (Å²) in [7, 11) is 1.40. The summed E-state index contributed by atoms with van der Waals surface area (Å²) in [6.45, 7) is 5.61. The molecule has 0 atom stereocenters. The van der Waals surface area contributed by atoms with Crippen LogP contribution in [-0.2, 0) is 14.9 Å². The first-order chi connectivity index (χ1) is 8.41. The van der Waals surface area contributed by atoms with Crippen molar-refractivity contribution in [1.29, 1.82) is 0 Å². The van der Waals surface area contributed by atoms with Crippen molar-refractivity contribution >= 4 is 23.1 Å². The van der Waals surface area contributed by atoms with E-state index in [0.717, 1.165) is 16.8 Å². The van der Waals surface area contributed by atoms with Crippen molar-refractivity contribution in [2.45, 2.75) is 26.2 Å². The first-order valence-electron chi connectivity index (χ1n) is 5.75. The van der Waals surface area contributed by atoms with Gasteiger partial charge in [0.15, 0.2) is 0 Å². The molecule has 0 aromatic carbocycles. The largest absolute Gasteiger partial charge is 0.468 e. The lowest BCUT2D eigenvalue weighted by Crippen LogP contribution is -2.32. The quantitative estimate of drug-likeness (QED) is 0.780. The van der Waals surface area contributed by atoms with E-state index < -0.39 is 5.41 Å². The zero-order valence-electron chi connectivity index (χ0n) is 11.0. The van der Waals surface area contributed by atoms with Crippen LogP contribution in [0, 0.1) is 6.92 Å². The Bertz CT molecular complexity index is 614. The molecule has 0 N–H and O–H groups in total. The average molecular weight is 266 g/mol. The highest BCUT2D eigenvalue weighted by molar-refractivity contribution is 6.35. The van der Waals surface area contributed by atoms with Crippen molar-refractivity contribution < 1.29 is 9.53 Å². The Morgan fingerprint density at radius 1 is 1.39 bits per heavy atom. The summed E-state index contributed by atoms with van der Waals surface area (Å²) in [6.07, 6.45) is 1.91. The third-order valence-electron chi connectivity index (χ3n) is 3.30. The minimum Gasteiger partial charge on any atom is -0.468 e. The Morgan fingerprint density at radius 3 is 2.67 bits per heavy atom. The van der Waals surface area contributed by atoms with Crippen LogP contribution in [0.25, 0.3) is 5.52 Å². The van der Waals surface area contributed by atoms with Crippen LogP contribution in [0.3, 0.4) is 0 Å². The number of rotatable bonds is 2. The number of hydrogen-bond acceptors (Lipinski definition) is 2. The third-order valence-corrected chi connectivity index (χ3v) is 3.77. The van der Waals surface area contributed by atoms with E-state index >= 15 is 0 Å². The molecule has 0 fully saturated rings. The molecule has 0 aliphatic rings. The van der Waals surface area contributed by atoms with Gasteiger partial charge in [0.25, 0.3) is 0 Å². The Labute approximate surface area is 111 Å².